The maximum Gasteiger partial charge on any atom is 0.244 e. The van der Waals surface area contributed by atoms with Crippen molar-refractivity contribution in [3.8, 4) is 17.6 Å². The van der Waals surface area contributed by atoms with Crippen LogP contribution in [-0.2, 0) is 11.3 Å². The van der Waals surface area contributed by atoms with Gasteiger partial charge in [0.15, 0.2) is 0 Å². The van der Waals surface area contributed by atoms with Crippen molar-refractivity contribution >= 4 is 16.7 Å². The lowest BCUT2D eigenvalue weighted by atomic mass is 9.98. The molecule has 0 N–H and O–H groups in total. The van der Waals surface area contributed by atoms with Crippen LogP contribution in [0.4, 0.5) is 0 Å². The Morgan fingerprint density at radius 3 is 2.40 bits per heavy atom. The van der Waals surface area contributed by atoms with Crippen LogP contribution in [0.5, 0.6) is 11.5 Å². The predicted molar refractivity (Wildman–Crippen MR) is 139 cm³/mol. The number of ether oxygens (including phenoxy) is 2. The molecule has 3 aromatic carbocycles. The number of methoxy groups -OCH3 is 2. The Morgan fingerprint density at radius 1 is 1.06 bits per heavy atom. The highest BCUT2D eigenvalue weighted by Crippen LogP contribution is 2.34. The van der Waals surface area contributed by atoms with Crippen molar-refractivity contribution in [2.75, 3.05) is 34.4 Å². The van der Waals surface area contributed by atoms with Gasteiger partial charge in [-0.25, -0.2) is 0 Å². The van der Waals surface area contributed by atoms with Crippen LogP contribution in [0.3, 0.4) is 0 Å². The highest BCUT2D eigenvalue weighted by atomic mass is 16.5. The molecule has 0 radical (unpaired) electrons. The van der Waals surface area contributed by atoms with Gasteiger partial charge >= 0.3 is 0 Å². The van der Waals surface area contributed by atoms with Gasteiger partial charge in [-0.15, -0.1) is 13.2 Å². The Bertz CT molecular complexity index is 1250. The van der Waals surface area contributed by atoms with Crippen LogP contribution in [0.15, 0.2) is 79.9 Å². The summed E-state index contributed by atoms with van der Waals surface area (Å²) in [7, 11) is 4.92. The van der Waals surface area contributed by atoms with Crippen molar-refractivity contribution in [3.05, 3.63) is 96.6 Å². The van der Waals surface area contributed by atoms with Crippen molar-refractivity contribution in [3.63, 3.8) is 0 Å². The van der Waals surface area contributed by atoms with Gasteiger partial charge < -0.3 is 14.4 Å². The molecule has 1 atom stereocenters. The third-order valence-corrected chi connectivity index (χ3v) is 5.94. The standard InChI is InChI=1S/C29H31N3O3/c1-6-15-32(16-7-2)27(22-12-10-13-24(18-22)34-4)29(33)31(3)20-26-25-14-9-8-11-21(25)17-23(19-30)28(26)35-5/h6-14,17-18,27H,1-2,15-16,20H2,3-5H3. The fraction of sp³-hybridized carbons (Fsp3) is 0.241. The highest BCUT2D eigenvalue weighted by Gasteiger charge is 2.30. The highest BCUT2D eigenvalue weighted by molar-refractivity contribution is 5.91. The zero-order valence-corrected chi connectivity index (χ0v) is 20.5. The molecule has 1 amide bonds. The number of likely N-dealkylation sites (N-methyl/N-ethyl adjacent to an activating group) is 1. The van der Waals surface area contributed by atoms with Gasteiger partial charge in [0.25, 0.3) is 0 Å². The smallest absolute Gasteiger partial charge is 0.244 e. The van der Waals surface area contributed by atoms with Gasteiger partial charge in [-0.3, -0.25) is 9.69 Å². The molecule has 6 nitrogen and oxygen atoms in total. The molecule has 180 valence electrons. The third-order valence-electron chi connectivity index (χ3n) is 5.94. The number of nitrogens with zero attached hydrogens (tertiary/aromatic N) is 3. The Balaban J connectivity index is 2.07. The van der Waals surface area contributed by atoms with Gasteiger partial charge in [0, 0.05) is 32.2 Å². The molecular weight excluding hydrogens is 438 g/mol. The van der Waals surface area contributed by atoms with Crippen LogP contribution in [0.25, 0.3) is 10.8 Å². The van der Waals surface area contributed by atoms with Crippen molar-refractivity contribution in [1.82, 2.24) is 9.80 Å². The van der Waals surface area contributed by atoms with Gasteiger partial charge in [0.05, 0.1) is 19.8 Å². The second kappa shape index (κ2) is 11.9. The van der Waals surface area contributed by atoms with E-state index < -0.39 is 6.04 Å². The SMILES string of the molecule is C=CCN(CC=C)C(C(=O)N(C)Cc1c(OC)c(C#N)cc2ccccc12)c1cccc(OC)c1. The summed E-state index contributed by atoms with van der Waals surface area (Å²) in [5, 5.41) is 11.6. The van der Waals surface area contributed by atoms with Crippen LogP contribution < -0.4 is 9.47 Å². The first-order valence-electron chi connectivity index (χ1n) is 11.3. The Morgan fingerprint density at radius 2 is 1.77 bits per heavy atom. The molecule has 3 rings (SSSR count). The van der Waals surface area contributed by atoms with E-state index >= 15 is 0 Å². The Labute approximate surface area is 207 Å². The van der Waals surface area contributed by atoms with Crippen LogP contribution in [0.2, 0.25) is 0 Å². The second-order valence-corrected chi connectivity index (χ2v) is 8.17. The lowest BCUT2D eigenvalue weighted by Crippen LogP contribution is -2.41. The van der Waals surface area contributed by atoms with Crippen LogP contribution in [-0.4, -0.2) is 50.1 Å². The van der Waals surface area contributed by atoms with Gasteiger partial charge in [-0.1, -0.05) is 48.6 Å². The Kier molecular flexibility index (Phi) is 8.66. The molecule has 3 aromatic rings. The minimum Gasteiger partial charge on any atom is -0.497 e. The molecule has 0 aliphatic carbocycles. The summed E-state index contributed by atoms with van der Waals surface area (Å²) in [6.45, 7) is 9.01. The molecule has 0 aliphatic heterocycles. The number of fused-ring (bicyclic) bond motifs is 1. The van der Waals surface area contributed by atoms with E-state index in [2.05, 4.69) is 19.2 Å². The number of benzene rings is 3. The van der Waals surface area contributed by atoms with Crippen LogP contribution in [0.1, 0.15) is 22.7 Å². The van der Waals surface area contributed by atoms with E-state index in [0.29, 0.717) is 30.2 Å². The molecule has 6 heteroatoms. The minimum absolute atomic E-state index is 0.101. The Hall–Kier alpha value is -4.08. The summed E-state index contributed by atoms with van der Waals surface area (Å²) in [5.41, 5.74) is 2.04. The largest absolute Gasteiger partial charge is 0.497 e. The summed E-state index contributed by atoms with van der Waals surface area (Å²) in [6.07, 6.45) is 3.55. The summed E-state index contributed by atoms with van der Waals surface area (Å²) in [6, 6.07) is 18.8. The monoisotopic (exact) mass is 469 g/mol. The minimum atomic E-state index is -0.581. The molecular formula is C29H31N3O3. The molecule has 0 saturated carbocycles. The molecule has 0 heterocycles. The van der Waals surface area contributed by atoms with E-state index in [1.54, 1.807) is 38.3 Å². The zero-order valence-electron chi connectivity index (χ0n) is 20.5. The lowest BCUT2D eigenvalue weighted by molar-refractivity contribution is -0.136. The number of carbonyl (C=O) groups is 1. The topological polar surface area (TPSA) is 65.8 Å². The van der Waals surface area contributed by atoms with E-state index in [0.717, 1.165) is 21.9 Å². The number of carbonyl (C=O) groups excluding carboxylic acids is 1. The normalized spacial score (nSPS) is 11.5. The molecule has 0 aliphatic rings. The molecule has 1 unspecified atom stereocenters. The maximum absolute atomic E-state index is 14.0. The zero-order chi connectivity index (χ0) is 25.4. The van der Waals surface area contributed by atoms with Gasteiger partial charge in [-0.2, -0.15) is 5.26 Å². The fourth-order valence-electron chi connectivity index (χ4n) is 4.34. The maximum atomic E-state index is 14.0. The first-order valence-corrected chi connectivity index (χ1v) is 11.3. The molecule has 0 fully saturated rings. The number of hydrogen-bond donors (Lipinski definition) is 0. The van der Waals surface area contributed by atoms with Crippen molar-refractivity contribution in [2.24, 2.45) is 0 Å². The fourth-order valence-corrected chi connectivity index (χ4v) is 4.34. The van der Waals surface area contributed by atoms with Crippen LogP contribution >= 0.6 is 0 Å². The average Bonchev–Trinajstić information content (AvgIpc) is 2.88. The van der Waals surface area contributed by atoms with E-state index in [9.17, 15) is 10.1 Å². The van der Waals surface area contributed by atoms with E-state index in [4.69, 9.17) is 9.47 Å². The average molecular weight is 470 g/mol. The number of rotatable bonds is 11. The first kappa shape index (κ1) is 25.5. The molecule has 0 aromatic heterocycles. The predicted octanol–water partition coefficient (Wildman–Crippen LogP) is 5.10. The summed E-state index contributed by atoms with van der Waals surface area (Å²) < 4.78 is 11.1. The van der Waals surface area contributed by atoms with Gasteiger partial charge in [0.2, 0.25) is 5.91 Å². The number of nitriles is 1. The quantitative estimate of drug-likeness (QED) is 0.366. The lowest BCUT2D eigenvalue weighted by Gasteiger charge is -2.33. The van der Waals surface area contributed by atoms with Crippen molar-refractivity contribution in [2.45, 2.75) is 12.6 Å². The third kappa shape index (κ3) is 5.53. The number of amides is 1. The van der Waals surface area contributed by atoms with Crippen molar-refractivity contribution < 1.29 is 14.3 Å². The van der Waals surface area contributed by atoms with Gasteiger partial charge in [0.1, 0.15) is 23.6 Å². The number of hydrogen-bond acceptors (Lipinski definition) is 5. The summed E-state index contributed by atoms with van der Waals surface area (Å²) in [4.78, 5) is 17.7. The molecule has 0 saturated heterocycles. The summed E-state index contributed by atoms with van der Waals surface area (Å²) in [5.74, 6) is 1.06. The van der Waals surface area contributed by atoms with E-state index in [-0.39, 0.29) is 12.5 Å². The van der Waals surface area contributed by atoms with E-state index in [1.807, 2.05) is 59.5 Å². The molecule has 0 bridgehead atoms. The first-order chi connectivity index (χ1) is 17.0. The summed E-state index contributed by atoms with van der Waals surface area (Å²) >= 11 is 0. The second-order valence-electron chi connectivity index (χ2n) is 8.17. The van der Waals surface area contributed by atoms with Gasteiger partial charge in [-0.05, 0) is 34.5 Å². The molecule has 35 heavy (non-hydrogen) atoms. The molecule has 0 spiro atoms. The van der Waals surface area contributed by atoms with Crippen molar-refractivity contribution in [1.29, 1.82) is 5.26 Å². The van der Waals surface area contributed by atoms with E-state index in [1.165, 1.54) is 0 Å². The van der Waals surface area contributed by atoms with Crippen LogP contribution in [0, 0.1) is 11.3 Å².